The van der Waals surface area contributed by atoms with Crippen LogP contribution in [-0.4, -0.2) is 4.98 Å². The van der Waals surface area contributed by atoms with Crippen LogP contribution >= 0.6 is 0 Å². The zero-order valence-electron chi connectivity index (χ0n) is 19.9. The Bertz CT molecular complexity index is 1260. The molecule has 0 saturated heterocycles. The van der Waals surface area contributed by atoms with Crippen LogP contribution in [0.1, 0.15) is 43.0 Å². The first kappa shape index (κ1) is 21.2. The quantitative estimate of drug-likeness (QED) is 0.336. The number of aryl methyl sites for hydroxylation is 3. The summed E-state index contributed by atoms with van der Waals surface area (Å²) in [6.07, 6.45) is 5.23. The van der Waals surface area contributed by atoms with E-state index in [4.69, 9.17) is 4.98 Å². The number of fused-ring (bicyclic) bond motifs is 1. The van der Waals surface area contributed by atoms with Crippen molar-refractivity contribution < 1.29 is 4.57 Å². The zero-order valence-corrected chi connectivity index (χ0v) is 19.9. The molecule has 0 aliphatic heterocycles. The normalized spacial score (nSPS) is 11.8. The Morgan fingerprint density at radius 3 is 2.35 bits per heavy atom. The lowest BCUT2D eigenvalue weighted by Gasteiger charge is -2.17. The third kappa shape index (κ3) is 4.39. The predicted molar refractivity (Wildman–Crippen MR) is 131 cm³/mol. The maximum absolute atomic E-state index is 4.77. The molecule has 0 fully saturated rings. The molecule has 0 saturated carbocycles. The summed E-state index contributed by atoms with van der Waals surface area (Å²) < 4.78 is 2.24. The third-order valence-electron chi connectivity index (χ3n) is 6.06. The van der Waals surface area contributed by atoms with Gasteiger partial charge in [-0.3, -0.25) is 4.98 Å². The number of aromatic nitrogens is 2. The molecule has 0 aliphatic carbocycles. The van der Waals surface area contributed by atoms with Crippen LogP contribution in [0.5, 0.6) is 0 Å². The molecule has 0 amide bonds. The van der Waals surface area contributed by atoms with Crippen LogP contribution in [0.15, 0.2) is 60.9 Å². The summed E-state index contributed by atoms with van der Waals surface area (Å²) in [6, 6.07) is 17.9. The number of rotatable bonds is 3. The fraction of sp³-hybridized carbons (Fsp3) is 0.310. The van der Waals surface area contributed by atoms with Gasteiger partial charge < -0.3 is 0 Å². The topological polar surface area (TPSA) is 16.8 Å². The molecule has 4 aromatic rings. The molecule has 0 spiro atoms. The second kappa shape index (κ2) is 7.92. The number of hydrogen-bond donors (Lipinski definition) is 0. The molecule has 0 N–H and O–H groups in total. The lowest BCUT2D eigenvalue weighted by molar-refractivity contribution is -0.659. The van der Waals surface area contributed by atoms with Gasteiger partial charge in [-0.15, -0.1) is 0 Å². The maximum Gasteiger partial charge on any atom is 0.220 e. The van der Waals surface area contributed by atoms with Gasteiger partial charge in [0.1, 0.15) is 7.05 Å². The Morgan fingerprint density at radius 1 is 0.903 bits per heavy atom. The Kier molecular flexibility index (Phi) is 5.43. The van der Waals surface area contributed by atoms with Gasteiger partial charge in [-0.05, 0) is 78.9 Å². The van der Waals surface area contributed by atoms with E-state index in [1.54, 1.807) is 0 Å². The molecule has 0 radical (unpaired) electrons. The first-order valence-corrected chi connectivity index (χ1v) is 11.1. The fourth-order valence-corrected chi connectivity index (χ4v) is 4.47. The summed E-state index contributed by atoms with van der Waals surface area (Å²) in [7, 11) is 2.13. The van der Waals surface area contributed by atoms with E-state index in [-0.39, 0.29) is 5.41 Å². The minimum absolute atomic E-state index is 0.268. The van der Waals surface area contributed by atoms with Gasteiger partial charge >= 0.3 is 0 Å². The highest BCUT2D eigenvalue weighted by atomic mass is 14.9. The van der Waals surface area contributed by atoms with Crippen molar-refractivity contribution in [3.05, 3.63) is 83.2 Å². The van der Waals surface area contributed by atoms with E-state index < -0.39 is 0 Å². The first-order chi connectivity index (χ1) is 14.6. The summed E-state index contributed by atoms with van der Waals surface area (Å²) >= 11 is 0. The van der Waals surface area contributed by atoms with Gasteiger partial charge in [-0.1, -0.05) is 44.5 Å². The summed E-state index contributed by atoms with van der Waals surface area (Å²) in [5, 5.41) is 2.51. The minimum atomic E-state index is 0.268. The summed E-state index contributed by atoms with van der Waals surface area (Å²) in [5.41, 5.74) is 10.3. The molecule has 2 aromatic carbocycles. The second-order valence-electron chi connectivity index (χ2n) is 10.1. The van der Waals surface area contributed by atoms with Crippen LogP contribution in [0.3, 0.4) is 0 Å². The highest BCUT2D eigenvalue weighted by Crippen LogP contribution is 2.32. The molecule has 0 bridgehead atoms. The van der Waals surface area contributed by atoms with E-state index in [9.17, 15) is 0 Å². The van der Waals surface area contributed by atoms with Gasteiger partial charge in [-0.2, -0.15) is 0 Å². The molecule has 2 aromatic heterocycles. The Balaban J connectivity index is 1.79. The second-order valence-corrected chi connectivity index (χ2v) is 10.1. The molecular formula is C29H33N2+. The van der Waals surface area contributed by atoms with E-state index in [2.05, 4.69) is 108 Å². The van der Waals surface area contributed by atoms with Gasteiger partial charge in [0.05, 0.1) is 16.6 Å². The van der Waals surface area contributed by atoms with Crippen LogP contribution in [0.2, 0.25) is 0 Å². The molecule has 31 heavy (non-hydrogen) atoms. The molecule has 2 heterocycles. The first-order valence-electron chi connectivity index (χ1n) is 11.1. The van der Waals surface area contributed by atoms with Crippen molar-refractivity contribution in [1.82, 2.24) is 4.98 Å². The SMILES string of the molecule is Cc1cc(C)c(C)c(-c2c3ccc(-c4ccc(CC(C)(C)C)cn4)cc3cc[n+]2C)c1. The van der Waals surface area contributed by atoms with Crippen molar-refractivity contribution in [1.29, 1.82) is 0 Å². The molecule has 2 heteroatoms. The molecular weight excluding hydrogens is 376 g/mol. The fourth-order valence-electron chi connectivity index (χ4n) is 4.47. The summed E-state index contributed by atoms with van der Waals surface area (Å²) in [4.78, 5) is 4.77. The standard InChI is InChI=1S/C29H33N2/c1-19-14-20(2)21(3)26(15-19)28-25-10-9-24(16-23(25)12-13-31(28)7)27-11-8-22(18-30-27)17-29(4,5)6/h8-16,18H,17H2,1-7H3/q+1. The van der Waals surface area contributed by atoms with E-state index in [0.29, 0.717) is 0 Å². The third-order valence-corrected chi connectivity index (χ3v) is 6.06. The minimum Gasteiger partial charge on any atom is -0.256 e. The average molecular weight is 410 g/mol. The van der Waals surface area contributed by atoms with E-state index >= 15 is 0 Å². The maximum atomic E-state index is 4.77. The molecule has 0 unspecified atom stereocenters. The smallest absolute Gasteiger partial charge is 0.220 e. The van der Waals surface area contributed by atoms with Crippen molar-refractivity contribution >= 4 is 10.8 Å². The van der Waals surface area contributed by atoms with Gasteiger partial charge in [0.15, 0.2) is 6.20 Å². The van der Waals surface area contributed by atoms with Crippen LogP contribution < -0.4 is 4.57 Å². The largest absolute Gasteiger partial charge is 0.256 e. The number of nitrogens with zero attached hydrogens (tertiary/aromatic N) is 2. The van der Waals surface area contributed by atoms with Gasteiger partial charge in [0.2, 0.25) is 5.69 Å². The van der Waals surface area contributed by atoms with Crippen LogP contribution in [-0.2, 0) is 13.5 Å². The average Bonchev–Trinajstić information content (AvgIpc) is 2.70. The highest BCUT2D eigenvalue weighted by Gasteiger charge is 2.19. The molecule has 158 valence electrons. The Hall–Kier alpha value is -3.00. The molecule has 0 aliphatic rings. The van der Waals surface area contributed by atoms with Crippen molar-refractivity contribution in [2.45, 2.75) is 48.0 Å². The summed E-state index contributed by atoms with van der Waals surface area (Å²) in [5.74, 6) is 0. The van der Waals surface area contributed by atoms with Gasteiger partial charge in [0, 0.05) is 17.8 Å². The van der Waals surface area contributed by atoms with E-state index in [0.717, 1.165) is 17.7 Å². The molecule has 4 rings (SSSR count). The molecule has 2 nitrogen and oxygen atoms in total. The van der Waals surface area contributed by atoms with Crippen LogP contribution in [0.4, 0.5) is 0 Å². The molecule has 0 atom stereocenters. The van der Waals surface area contributed by atoms with Gasteiger partial charge in [-0.25, -0.2) is 4.57 Å². The predicted octanol–water partition coefficient (Wildman–Crippen LogP) is 6.91. The van der Waals surface area contributed by atoms with Gasteiger partial charge in [0.25, 0.3) is 0 Å². The highest BCUT2D eigenvalue weighted by molar-refractivity contribution is 5.96. The Labute approximate surface area is 186 Å². The monoisotopic (exact) mass is 409 g/mol. The lowest BCUT2D eigenvalue weighted by atomic mass is 9.88. The Morgan fingerprint density at radius 2 is 1.68 bits per heavy atom. The zero-order chi connectivity index (χ0) is 22.3. The van der Waals surface area contributed by atoms with Crippen LogP contribution in [0, 0.1) is 26.2 Å². The van der Waals surface area contributed by atoms with E-state index in [1.807, 2.05) is 6.20 Å². The number of pyridine rings is 2. The van der Waals surface area contributed by atoms with Crippen molar-refractivity contribution in [3.8, 4) is 22.5 Å². The number of hydrogen-bond acceptors (Lipinski definition) is 1. The van der Waals surface area contributed by atoms with Crippen molar-refractivity contribution in [2.75, 3.05) is 0 Å². The summed E-state index contributed by atoms with van der Waals surface area (Å²) in [6.45, 7) is 13.4. The number of benzene rings is 2. The lowest BCUT2D eigenvalue weighted by Crippen LogP contribution is -2.30. The van der Waals surface area contributed by atoms with Crippen molar-refractivity contribution in [2.24, 2.45) is 12.5 Å². The van der Waals surface area contributed by atoms with E-state index in [1.165, 1.54) is 44.3 Å². The van der Waals surface area contributed by atoms with Crippen LogP contribution in [0.25, 0.3) is 33.3 Å². The van der Waals surface area contributed by atoms with Crippen molar-refractivity contribution in [3.63, 3.8) is 0 Å².